The summed E-state index contributed by atoms with van der Waals surface area (Å²) in [5.74, 6) is 0.627. The van der Waals surface area contributed by atoms with Gasteiger partial charge in [0.25, 0.3) is 0 Å². The van der Waals surface area contributed by atoms with Crippen LogP contribution in [0.25, 0.3) is 22.5 Å². The Balaban J connectivity index is 1.54. The van der Waals surface area contributed by atoms with Gasteiger partial charge < -0.3 is 4.74 Å². The van der Waals surface area contributed by atoms with Crippen LogP contribution in [0.15, 0.2) is 60.9 Å². The number of unbranched alkanes of at least 4 members (excludes halogenated alkanes) is 6. The summed E-state index contributed by atoms with van der Waals surface area (Å²) in [6.45, 7) is 5.65. The highest BCUT2D eigenvalue weighted by molar-refractivity contribution is 5.81. The lowest BCUT2D eigenvalue weighted by Crippen LogP contribution is -2.29. The molecule has 0 radical (unpaired) electrons. The Morgan fingerprint density at radius 1 is 0.833 bits per heavy atom. The maximum absolute atomic E-state index is 12.3. The van der Waals surface area contributed by atoms with E-state index >= 15 is 0 Å². The third kappa shape index (κ3) is 7.49. The summed E-state index contributed by atoms with van der Waals surface area (Å²) in [7, 11) is 0. The molecule has 1 aromatic heterocycles. The van der Waals surface area contributed by atoms with E-state index in [0.717, 1.165) is 28.9 Å². The van der Waals surface area contributed by atoms with Crippen LogP contribution in [0, 0.1) is 16.7 Å². The SMILES string of the molecule is CCCCCCCCCc1cnc(-c2ccc(-c3ccc(OC(=O)C(C)(C#N)CC)cc3)cc2)nc1. The quantitative estimate of drug-likeness (QED) is 0.140. The molecule has 188 valence electrons. The van der Waals surface area contributed by atoms with Crippen LogP contribution in [0.5, 0.6) is 5.75 Å². The molecule has 1 atom stereocenters. The second kappa shape index (κ2) is 13.5. The maximum atomic E-state index is 12.3. The van der Waals surface area contributed by atoms with E-state index in [1.807, 2.05) is 54.9 Å². The lowest BCUT2D eigenvalue weighted by molar-refractivity contribution is -0.141. The predicted octanol–water partition coefficient (Wildman–Crippen LogP) is 7.95. The summed E-state index contributed by atoms with van der Waals surface area (Å²) in [4.78, 5) is 21.5. The van der Waals surface area contributed by atoms with Crippen molar-refractivity contribution in [2.45, 2.75) is 78.6 Å². The molecular formula is C31H37N3O2. The summed E-state index contributed by atoms with van der Waals surface area (Å²) < 4.78 is 5.41. The average molecular weight is 484 g/mol. The number of hydrogen-bond donors (Lipinski definition) is 0. The van der Waals surface area contributed by atoms with Crippen LogP contribution in [-0.2, 0) is 11.2 Å². The number of carbonyl (C=O) groups is 1. The van der Waals surface area contributed by atoms with Gasteiger partial charge in [0.2, 0.25) is 0 Å². The molecular weight excluding hydrogens is 446 g/mol. The van der Waals surface area contributed by atoms with Crippen molar-refractivity contribution in [2.75, 3.05) is 0 Å². The van der Waals surface area contributed by atoms with Crippen molar-refractivity contribution in [1.82, 2.24) is 9.97 Å². The Labute approximate surface area is 215 Å². The second-order valence-electron chi connectivity index (χ2n) is 9.57. The molecule has 0 spiro atoms. The van der Waals surface area contributed by atoms with E-state index in [0.29, 0.717) is 12.2 Å². The van der Waals surface area contributed by atoms with Crippen LogP contribution in [0.1, 0.15) is 77.7 Å². The number of carbonyl (C=O) groups excluding carboxylic acids is 1. The van der Waals surface area contributed by atoms with Gasteiger partial charge in [0.05, 0.1) is 6.07 Å². The van der Waals surface area contributed by atoms with E-state index in [2.05, 4.69) is 16.9 Å². The molecule has 0 bridgehead atoms. The van der Waals surface area contributed by atoms with Crippen LogP contribution in [0.4, 0.5) is 0 Å². The Kier molecular flexibility index (Phi) is 10.2. The molecule has 0 amide bonds. The highest BCUT2D eigenvalue weighted by Crippen LogP contribution is 2.27. The Morgan fingerprint density at radius 2 is 1.36 bits per heavy atom. The minimum atomic E-state index is -1.14. The number of aryl methyl sites for hydroxylation is 1. The number of esters is 1. The summed E-state index contributed by atoms with van der Waals surface area (Å²) in [5, 5.41) is 9.26. The van der Waals surface area contributed by atoms with Gasteiger partial charge in [-0.3, -0.25) is 0 Å². The van der Waals surface area contributed by atoms with Crippen molar-refractivity contribution in [1.29, 1.82) is 5.26 Å². The van der Waals surface area contributed by atoms with E-state index in [9.17, 15) is 10.1 Å². The molecule has 0 N–H and O–H groups in total. The third-order valence-corrected chi connectivity index (χ3v) is 6.72. The molecule has 0 aliphatic carbocycles. The fraction of sp³-hybridized carbons (Fsp3) is 0.419. The zero-order chi connectivity index (χ0) is 25.8. The van der Waals surface area contributed by atoms with Crippen LogP contribution in [0.3, 0.4) is 0 Å². The highest BCUT2D eigenvalue weighted by atomic mass is 16.5. The first-order valence-corrected chi connectivity index (χ1v) is 13.1. The number of nitrogens with zero attached hydrogens (tertiary/aromatic N) is 3. The van der Waals surface area contributed by atoms with Crippen molar-refractivity contribution < 1.29 is 9.53 Å². The largest absolute Gasteiger partial charge is 0.425 e. The van der Waals surface area contributed by atoms with Gasteiger partial charge in [-0.05, 0) is 55.0 Å². The van der Waals surface area contributed by atoms with E-state index in [-0.39, 0.29) is 0 Å². The summed E-state index contributed by atoms with van der Waals surface area (Å²) >= 11 is 0. The molecule has 0 aliphatic rings. The molecule has 36 heavy (non-hydrogen) atoms. The highest BCUT2D eigenvalue weighted by Gasteiger charge is 2.33. The monoisotopic (exact) mass is 483 g/mol. The Hall–Kier alpha value is -3.52. The molecule has 3 aromatic rings. The fourth-order valence-electron chi connectivity index (χ4n) is 3.94. The van der Waals surface area contributed by atoms with Crippen molar-refractivity contribution in [3.8, 4) is 34.3 Å². The molecule has 2 aromatic carbocycles. The van der Waals surface area contributed by atoms with Crippen molar-refractivity contribution in [3.05, 3.63) is 66.5 Å². The number of ether oxygens (including phenoxy) is 1. The van der Waals surface area contributed by atoms with Crippen LogP contribution in [0.2, 0.25) is 0 Å². The van der Waals surface area contributed by atoms with Crippen molar-refractivity contribution >= 4 is 5.97 Å². The third-order valence-electron chi connectivity index (χ3n) is 6.72. The number of rotatable bonds is 13. The van der Waals surface area contributed by atoms with Crippen molar-refractivity contribution in [2.24, 2.45) is 5.41 Å². The molecule has 1 unspecified atom stereocenters. The number of aromatic nitrogens is 2. The topological polar surface area (TPSA) is 75.9 Å². The van der Waals surface area contributed by atoms with Gasteiger partial charge in [0, 0.05) is 18.0 Å². The number of hydrogen-bond acceptors (Lipinski definition) is 5. The normalized spacial score (nSPS) is 12.5. The standard InChI is InChI=1S/C31H37N3O2/c1-4-6-7-8-9-10-11-12-24-21-33-29(34-22-24)27-15-13-25(14-16-27)26-17-19-28(20-18-26)36-30(35)31(3,5-2)23-32/h13-22H,4-12H2,1-3H3. The molecule has 3 rings (SSSR count). The van der Waals surface area contributed by atoms with Crippen molar-refractivity contribution in [3.63, 3.8) is 0 Å². The minimum Gasteiger partial charge on any atom is -0.425 e. The Bertz CT molecular complexity index is 1130. The first-order valence-electron chi connectivity index (χ1n) is 13.1. The molecule has 0 saturated carbocycles. The number of benzene rings is 2. The molecule has 0 fully saturated rings. The molecule has 1 heterocycles. The molecule has 0 saturated heterocycles. The summed E-state index contributed by atoms with van der Waals surface area (Å²) in [6.07, 6.45) is 14.5. The lowest BCUT2D eigenvalue weighted by atomic mass is 9.90. The van der Waals surface area contributed by atoms with Gasteiger partial charge >= 0.3 is 5.97 Å². The van der Waals surface area contributed by atoms with Crippen LogP contribution < -0.4 is 4.74 Å². The van der Waals surface area contributed by atoms with Crippen LogP contribution in [-0.4, -0.2) is 15.9 Å². The molecule has 0 aliphatic heterocycles. The zero-order valence-electron chi connectivity index (χ0n) is 21.8. The van der Waals surface area contributed by atoms with E-state index in [1.165, 1.54) is 50.5 Å². The van der Waals surface area contributed by atoms with E-state index < -0.39 is 11.4 Å². The zero-order valence-corrected chi connectivity index (χ0v) is 21.8. The average Bonchev–Trinajstić information content (AvgIpc) is 2.93. The van der Waals surface area contributed by atoms with Gasteiger partial charge in [0.1, 0.15) is 5.75 Å². The van der Waals surface area contributed by atoms with E-state index in [1.54, 1.807) is 26.0 Å². The maximum Gasteiger partial charge on any atom is 0.331 e. The predicted molar refractivity (Wildman–Crippen MR) is 144 cm³/mol. The smallest absolute Gasteiger partial charge is 0.331 e. The van der Waals surface area contributed by atoms with Gasteiger partial charge in [0.15, 0.2) is 11.2 Å². The van der Waals surface area contributed by atoms with Crippen LogP contribution >= 0.6 is 0 Å². The van der Waals surface area contributed by atoms with Gasteiger partial charge in [-0.2, -0.15) is 5.26 Å². The second-order valence-corrected chi connectivity index (χ2v) is 9.57. The number of nitriles is 1. The van der Waals surface area contributed by atoms with E-state index in [4.69, 9.17) is 4.74 Å². The first-order chi connectivity index (χ1) is 17.5. The molecule has 5 heteroatoms. The minimum absolute atomic E-state index is 0.401. The fourth-order valence-corrected chi connectivity index (χ4v) is 3.94. The van der Waals surface area contributed by atoms with Gasteiger partial charge in [-0.15, -0.1) is 0 Å². The molecule has 5 nitrogen and oxygen atoms in total. The summed E-state index contributed by atoms with van der Waals surface area (Å²) in [6, 6.07) is 17.5. The lowest BCUT2D eigenvalue weighted by Gasteiger charge is -2.17. The Morgan fingerprint density at radius 3 is 1.92 bits per heavy atom. The summed E-state index contributed by atoms with van der Waals surface area (Å²) in [5.41, 5.74) is 3.08. The van der Waals surface area contributed by atoms with Gasteiger partial charge in [-0.1, -0.05) is 88.8 Å². The first kappa shape index (κ1) is 27.1. The van der Waals surface area contributed by atoms with Gasteiger partial charge in [-0.25, -0.2) is 14.8 Å².